The van der Waals surface area contributed by atoms with Gasteiger partial charge in [0, 0.05) is 6.07 Å². The molecular weight excluding hydrogens is 275 g/mol. The van der Waals surface area contributed by atoms with Crippen LogP contribution in [0, 0.1) is 5.82 Å². The van der Waals surface area contributed by atoms with Gasteiger partial charge in [-0.25, -0.2) is 9.37 Å². The van der Waals surface area contributed by atoms with Crippen LogP contribution in [0.1, 0.15) is 16.4 Å². The summed E-state index contributed by atoms with van der Waals surface area (Å²) in [7, 11) is 0. The first-order chi connectivity index (χ1) is 9.74. The molecule has 0 aliphatic carbocycles. The molecule has 2 aromatic heterocycles. The second-order valence-electron chi connectivity index (χ2n) is 4.21. The van der Waals surface area contributed by atoms with Crippen LogP contribution in [0.15, 0.2) is 36.4 Å². The SMILES string of the molecule is OCc1cccc(/C=C/c2nc3cc(F)ccc3s2)n1. The Bertz CT molecular complexity index is 782. The van der Waals surface area contributed by atoms with Crippen LogP contribution in [-0.2, 0) is 6.61 Å². The maximum Gasteiger partial charge on any atom is 0.125 e. The highest BCUT2D eigenvalue weighted by atomic mass is 32.1. The van der Waals surface area contributed by atoms with Crippen LogP contribution in [0.4, 0.5) is 4.39 Å². The molecule has 3 rings (SSSR count). The van der Waals surface area contributed by atoms with Crippen molar-refractivity contribution in [1.82, 2.24) is 9.97 Å². The monoisotopic (exact) mass is 286 g/mol. The van der Waals surface area contributed by atoms with Gasteiger partial charge in [0.25, 0.3) is 0 Å². The number of benzene rings is 1. The highest BCUT2D eigenvalue weighted by Gasteiger charge is 2.02. The third-order valence-electron chi connectivity index (χ3n) is 2.75. The summed E-state index contributed by atoms with van der Waals surface area (Å²) in [5.41, 5.74) is 2.03. The van der Waals surface area contributed by atoms with E-state index in [-0.39, 0.29) is 12.4 Å². The van der Waals surface area contributed by atoms with Crippen LogP contribution >= 0.6 is 11.3 Å². The Labute approximate surface area is 119 Å². The van der Waals surface area contributed by atoms with Crippen molar-refractivity contribution in [2.45, 2.75) is 6.61 Å². The van der Waals surface area contributed by atoms with E-state index in [1.165, 1.54) is 23.5 Å². The van der Waals surface area contributed by atoms with E-state index in [0.717, 1.165) is 15.4 Å². The van der Waals surface area contributed by atoms with E-state index in [1.807, 2.05) is 24.3 Å². The van der Waals surface area contributed by atoms with Crippen LogP contribution < -0.4 is 0 Å². The number of rotatable bonds is 3. The van der Waals surface area contributed by atoms with E-state index < -0.39 is 0 Å². The second kappa shape index (κ2) is 5.48. The molecule has 0 atom stereocenters. The molecule has 5 heteroatoms. The van der Waals surface area contributed by atoms with Crippen LogP contribution in [-0.4, -0.2) is 15.1 Å². The number of fused-ring (bicyclic) bond motifs is 1. The Hall–Kier alpha value is -2.11. The first kappa shape index (κ1) is 12.9. The third kappa shape index (κ3) is 2.74. The molecule has 0 aliphatic rings. The van der Waals surface area contributed by atoms with Gasteiger partial charge in [-0.2, -0.15) is 0 Å². The normalized spacial score (nSPS) is 11.5. The number of hydrogen-bond donors (Lipinski definition) is 1. The van der Waals surface area contributed by atoms with E-state index >= 15 is 0 Å². The maximum absolute atomic E-state index is 13.1. The number of nitrogens with zero attached hydrogens (tertiary/aromatic N) is 2. The molecule has 0 bridgehead atoms. The molecule has 0 amide bonds. The van der Waals surface area contributed by atoms with Gasteiger partial charge < -0.3 is 5.11 Å². The van der Waals surface area contributed by atoms with Crippen LogP contribution in [0.25, 0.3) is 22.4 Å². The molecule has 0 fully saturated rings. The lowest BCUT2D eigenvalue weighted by Crippen LogP contribution is -1.89. The van der Waals surface area contributed by atoms with Crippen LogP contribution in [0.5, 0.6) is 0 Å². The van der Waals surface area contributed by atoms with E-state index in [9.17, 15) is 4.39 Å². The quantitative estimate of drug-likeness (QED) is 0.801. The number of halogens is 1. The Morgan fingerprint density at radius 1 is 1.15 bits per heavy atom. The molecule has 0 saturated heterocycles. The van der Waals surface area contributed by atoms with Gasteiger partial charge in [0.05, 0.1) is 28.2 Å². The average Bonchev–Trinajstić information content (AvgIpc) is 2.87. The lowest BCUT2D eigenvalue weighted by Gasteiger charge is -1.96. The summed E-state index contributed by atoms with van der Waals surface area (Å²) >= 11 is 1.49. The molecule has 3 nitrogen and oxygen atoms in total. The summed E-state index contributed by atoms with van der Waals surface area (Å²) in [4.78, 5) is 8.60. The number of aliphatic hydroxyl groups is 1. The minimum atomic E-state index is -0.282. The standard InChI is InChI=1S/C15H11FN2OS/c16-10-4-6-14-13(8-10)18-15(20-14)7-5-11-2-1-3-12(9-19)17-11/h1-8,19H,9H2/b7-5+. The van der Waals surface area contributed by atoms with Crippen molar-refractivity contribution in [3.05, 3.63) is 58.6 Å². The van der Waals surface area contributed by atoms with Crippen molar-refractivity contribution in [2.75, 3.05) is 0 Å². The predicted molar refractivity (Wildman–Crippen MR) is 78.7 cm³/mol. The van der Waals surface area contributed by atoms with Gasteiger partial charge in [-0.15, -0.1) is 11.3 Å². The summed E-state index contributed by atoms with van der Waals surface area (Å²) in [6.45, 7) is -0.0813. The fourth-order valence-electron chi connectivity index (χ4n) is 1.83. The van der Waals surface area contributed by atoms with Crippen molar-refractivity contribution < 1.29 is 9.50 Å². The van der Waals surface area contributed by atoms with E-state index in [1.54, 1.807) is 12.1 Å². The Morgan fingerprint density at radius 3 is 2.90 bits per heavy atom. The molecule has 0 spiro atoms. The van der Waals surface area contributed by atoms with Crippen molar-refractivity contribution in [3.8, 4) is 0 Å². The number of hydrogen-bond acceptors (Lipinski definition) is 4. The largest absolute Gasteiger partial charge is 0.390 e. The summed E-state index contributed by atoms with van der Waals surface area (Å²) in [6, 6.07) is 10.0. The van der Waals surface area contributed by atoms with E-state index in [0.29, 0.717) is 11.2 Å². The predicted octanol–water partition coefficient (Wildman–Crippen LogP) is 3.49. The molecule has 0 radical (unpaired) electrons. The zero-order chi connectivity index (χ0) is 13.9. The Balaban J connectivity index is 1.89. The molecule has 1 aromatic carbocycles. The van der Waals surface area contributed by atoms with Crippen molar-refractivity contribution >= 4 is 33.7 Å². The van der Waals surface area contributed by atoms with Crippen molar-refractivity contribution in [2.24, 2.45) is 0 Å². The summed E-state index contributed by atoms with van der Waals surface area (Å²) < 4.78 is 14.0. The van der Waals surface area contributed by atoms with E-state index in [2.05, 4.69) is 9.97 Å². The molecule has 100 valence electrons. The molecular formula is C15H11FN2OS. The van der Waals surface area contributed by atoms with E-state index in [4.69, 9.17) is 5.11 Å². The molecule has 1 N–H and O–H groups in total. The highest BCUT2D eigenvalue weighted by Crippen LogP contribution is 2.24. The lowest BCUT2D eigenvalue weighted by atomic mass is 10.3. The molecule has 3 aromatic rings. The Morgan fingerprint density at radius 2 is 2.05 bits per heavy atom. The minimum absolute atomic E-state index is 0.0813. The van der Waals surface area contributed by atoms with Gasteiger partial charge in [-0.05, 0) is 36.4 Å². The van der Waals surface area contributed by atoms with Gasteiger partial charge >= 0.3 is 0 Å². The van der Waals surface area contributed by atoms with Gasteiger partial charge in [0.15, 0.2) is 0 Å². The van der Waals surface area contributed by atoms with Gasteiger partial charge in [0.1, 0.15) is 10.8 Å². The fourth-order valence-corrected chi connectivity index (χ4v) is 2.68. The number of pyridine rings is 1. The zero-order valence-corrected chi connectivity index (χ0v) is 11.3. The van der Waals surface area contributed by atoms with Gasteiger partial charge in [-0.3, -0.25) is 4.98 Å². The Kier molecular flexibility index (Phi) is 3.54. The first-order valence-corrected chi connectivity index (χ1v) is 6.87. The van der Waals surface area contributed by atoms with Crippen molar-refractivity contribution in [3.63, 3.8) is 0 Å². The van der Waals surface area contributed by atoms with Crippen molar-refractivity contribution in [1.29, 1.82) is 0 Å². The molecule has 20 heavy (non-hydrogen) atoms. The van der Waals surface area contributed by atoms with Crippen LogP contribution in [0.3, 0.4) is 0 Å². The number of aliphatic hydroxyl groups excluding tert-OH is 1. The number of aromatic nitrogens is 2. The van der Waals surface area contributed by atoms with Gasteiger partial charge in [-0.1, -0.05) is 6.07 Å². The summed E-state index contributed by atoms with van der Waals surface area (Å²) in [6.07, 6.45) is 3.67. The molecule has 0 saturated carbocycles. The summed E-state index contributed by atoms with van der Waals surface area (Å²) in [5.74, 6) is -0.282. The fraction of sp³-hybridized carbons (Fsp3) is 0.0667. The smallest absolute Gasteiger partial charge is 0.125 e. The average molecular weight is 286 g/mol. The topological polar surface area (TPSA) is 46.0 Å². The third-order valence-corrected chi connectivity index (χ3v) is 3.75. The second-order valence-corrected chi connectivity index (χ2v) is 5.27. The first-order valence-electron chi connectivity index (χ1n) is 6.05. The molecule has 0 aliphatic heterocycles. The van der Waals surface area contributed by atoms with Gasteiger partial charge in [0.2, 0.25) is 0 Å². The zero-order valence-electron chi connectivity index (χ0n) is 10.5. The highest BCUT2D eigenvalue weighted by molar-refractivity contribution is 7.19. The lowest BCUT2D eigenvalue weighted by molar-refractivity contribution is 0.277. The maximum atomic E-state index is 13.1. The minimum Gasteiger partial charge on any atom is -0.390 e. The molecule has 2 heterocycles. The molecule has 0 unspecified atom stereocenters. The van der Waals surface area contributed by atoms with Crippen LogP contribution in [0.2, 0.25) is 0 Å². The number of thiazole rings is 1. The summed E-state index contributed by atoms with van der Waals surface area (Å²) in [5, 5.41) is 9.83.